The van der Waals surface area contributed by atoms with Gasteiger partial charge >= 0.3 is 0 Å². The molecule has 0 fully saturated rings. The summed E-state index contributed by atoms with van der Waals surface area (Å²) in [5.41, 5.74) is 2.92. The second kappa shape index (κ2) is 4.25. The molecule has 0 spiro atoms. The van der Waals surface area contributed by atoms with Crippen molar-refractivity contribution >= 4 is 10.9 Å². The lowest BCUT2D eigenvalue weighted by molar-refractivity contribution is 0.986. The van der Waals surface area contributed by atoms with Crippen molar-refractivity contribution in [3.05, 3.63) is 60.6 Å². The van der Waals surface area contributed by atoms with Crippen LogP contribution in [0.4, 0.5) is 0 Å². The molecule has 3 rings (SSSR count). The van der Waals surface area contributed by atoms with Crippen molar-refractivity contribution in [2.75, 3.05) is 0 Å². The largest absolute Gasteiger partial charge is 0.245 e. The van der Waals surface area contributed by atoms with Gasteiger partial charge in [0.25, 0.3) is 0 Å². The Bertz CT molecular complexity index is 632. The highest BCUT2D eigenvalue weighted by molar-refractivity contribution is 5.80. The SMILES string of the molecule is c1ccc2c(Cc3ccncn3)ncnc2c1. The molecule has 0 aliphatic rings. The summed E-state index contributed by atoms with van der Waals surface area (Å²) >= 11 is 0. The fourth-order valence-electron chi connectivity index (χ4n) is 1.80. The van der Waals surface area contributed by atoms with Crippen LogP contribution in [-0.4, -0.2) is 19.9 Å². The van der Waals surface area contributed by atoms with Gasteiger partial charge in [-0.05, 0) is 12.1 Å². The Kier molecular flexibility index (Phi) is 2.46. The van der Waals surface area contributed by atoms with E-state index in [1.165, 1.54) is 0 Å². The summed E-state index contributed by atoms with van der Waals surface area (Å²) in [6, 6.07) is 9.89. The molecule has 0 radical (unpaired) electrons. The highest BCUT2D eigenvalue weighted by Gasteiger charge is 2.04. The molecule has 2 heterocycles. The lowest BCUT2D eigenvalue weighted by Gasteiger charge is -2.03. The van der Waals surface area contributed by atoms with Crippen LogP contribution in [0, 0.1) is 0 Å². The van der Waals surface area contributed by atoms with E-state index in [-0.39, 0.29) is 0 Å². The molecule has 17 heavy (non-hydrogen) atoms. The first-order chi connectivity index (χ1) is 8.43. The molecule has 3 aromatic rings. The van der Waals surface area contributed by atoms with Crippen LogP contribution >= 0.6 is 0 Å². The third-order valence-corrected chi connectivity index (χ3v) is 2.62. The van der Waals surface area contributed by atoms with Crippen molar-refractivity contribution in [2.24, 2.45) is 0 Å². The van der Waals surface area contributed by atoms with Gasteiger partial charge in [-0.15, -0.1) is 0 Å². The molecule has 0 atom stereocenters. The Balaban J connectivity index is 2.06. The average Bonchev–Trinajstić information content (AvgIpc) is 2.40. The molecule has 0 saturated carbocycles. The molecule has 0 aliphatic carbocycles. The summed E-state index contributed by atoms with van der Waals surface area (Å²) in [5.74, 6) is 0. The molecule has 0 amide bonds. The molecular formula is C13H10N4. The Hall–Kier alpha value is -2.36. The molecule has 2 aromatic heterocycles. The molecule has 4 nitrogen and oxygen atoms in total. The van der Waals surface area contributed by atoms with E-state index >= 15 is 0 Å². The molecule has 0 saturated heterocycles. The number of rotatable bonds is 2. The van der Waals surface area contributed by atoms with E-state index in [0.29, 0.717) is 6.42 Å². The summed E-state index contributed by atoms with van der Waals surface area (Å²) in [5, 5.41) is 1.08. The maximum atomic E-state index is 4.33. The van der Waals surface area contributed by atoms with Crippen LogP contribution in [0.3, 0.4) is 0 Å². The predicted molar refractivity (Wildman–Crippen MR) is 64.4 cm³/mol. The van der Waals surface area contributed by atoms with E-state index < -0.39 is 0 Å². The van der Waals surface area contributed by atoms with Gasteiger partial charge in [0.2, 0.25) is 0 Å². The van der Waals surface area contributed by atoms with Gasteiger partial charge in [-0.25, -0.2) is 19.9 Å². The molecular weight excluding hydrogens is 212 g/mol. The number of para-hydroxylation sites is 1. The number of nitrogens with zero attached hydrogens (tertiary/aromatic N) is 4. The normalized spacial score (nSPS) is 10.6. The summed E-state index contributed by atoms with van der Waals surface area (Å²) in [6.07, 6.45) is 5.59. The van der Waals surface area contributed by atoms with Crippen LogP contribution in [0.15, 0.2) is 49.2 Å². The Morgan fingerprint density at radius 1 is 0.882 bits per heavy atom. The van der Waals surface area contributed by atoms with Crippen LogP contribution in [0.2, 0.25) is 0 Å². The lowest BCUT2D eigenvalue weighted by atomic mass is 10.1. The second-order valence-electron chi connectivity index (χ2n) is 3.72. The number of hydrogen-bond acceptors (Lipinski definition) is 4. The molecule has 0 N–H and O–H groups in total. The van der Waals surface area contributed by atoms with E-state index in [0.717, 1.165) is 22.3 Å². The van der Waals surface area contributed by atoms with Crippen LogP contribution < -0.4 is 0 Å². The van der Waals surface area contributed by atoms with E-state index in [1.807, 2.05) is 30.3 Å². The van der Waals surface area contributed by atoms with Crippen molar-refractivity contribution in [3.8, 4) is 0 Å². The summed E-state index contributed by atoms with van der Waals surface area (Å²) < 4.78 is 0. The van der Waals surface area contributed by atoms with Crippen LogP contribution in [-0.2, 0) is 6.42 Å². The lowest BCUT2D eigenvalue weighted by Crippen LogP contribution is -1.97. The zero-order chi connectivity index (χ0) is 11.5. The van der Waals surface area contributed by atoms with Gasteiger partial charge in [-0.3, -0.25) is 0 Å². The minimum Gasteiger partial charge on any atom is -0.245 e. The Labute approximate surface area is 98.4 Å². The molecule has 82 valence electrons. The van der Waals surface area contributed by atoms with E-state index in [2.05, 4.69) is 19.9 Å². The van der Waals surface area contributed by atoms with E-state index in [1.54, 1.807) is 18.9 Å². The zero-order valence-corrected chi connectivity index (χ0v) is 9.11. The maximum Gasteiger partial charge on any atom is 0.116 e. The first kappa shape index (κ1) is 9.84. The van der Waals surface area contributed by atoms with Crippen molar-refractivity contribution in [2.45, 2.75) is 6.42 Å². The van der Waals surface area contributed by atoms with Gasteiger partial charge in [0.1, 0.15) is 12.7 Å². The highest BCUT2D eigenvalue weighted by Crippen LogP contribution is 2.16. The molecule has 4 heteroatoms. The Morgan fingerprint density at radius 2 is 1.82 bits per heavy atom. The molecule has 0 aliphatic heterocycles. The first-order valence-electron chi connectivity index (χ1n) is 5.37. The van der Waals surface area contributed by atoms with Crippen LogP contribution in [0.1, 0.15) is 11.4 Å². The van der Waals surface area contributed by atoms with Crippen molar-refractivity contribution < 1.29 is 0 Å². The van der Waals surface area contributed by atoms with E-state index in [4.69, 9.17) is 0 Å². The number of hydrogen-bond donors (Lipinski definition) is 0. The Morgan fingerprint density at radius 3 is 2.71 bits per heavy atom. The molecule has 0 bridgehead atoms. The van der Waals surface area contributed by atoms with E-state index in [9.17, 15) is 0 Å². The van der Waals surface area contributed by atoms with Crippen molar-refractivity contribution in [1.82, 2.24) is 19.9 Å². The molecule has 1 aromatic carbocycles. The highest BCUT2D eigenvalue weighted by atomic mass is 14.8. The van der Waals surface area contributed by atoms with Gasteiger partial charge in [0, 0.05) is 23.7 Å². The average molecular weight is 222 g/mol. The maximum absolute atomic E-state index is 4.33. The van der Waals surface area contributed by atoms with Crippen molar-refractivity contribution in [1.29, 1.82) is 0 Å². The summed E-state index contributed by atoms with van der Waals surface area (Å²) in [7, 11) is 0. The van der Waals surface area contributed by atoms with Gasteiger partial charge < -0.3 is 0 Å². The fourth-order valence-corrected chi connectivity index (χ4v) is 1.80. The zero-order valence-electron chi connectivity index (χ0n) is 9.11. The smallest absolute Gasteiger partial charge is 0.116 e. The van der Waals surface area contributed by atoms with Crippen LogP contribution in [0.5, 0.6) is 0 Å². The monoisotopic (exact) mass is 222 g/mol. The quantitative estimate of drug-likeness (QED) is 0.665. The second-order valence-corrected chi connectivity index (χ2v) is 3.72. The third-order valence-electron chi connectivity index (χ3n) is 2.62. The first-order valence-corrected chi connectivity index (χ1v) is 5.37. The number of aromatic nitrogens is 4. The van der Waals surface area contributed by atoms with Gasteiger partial charge in [0.15, 0.2) is 0 Å². The topological polar surface area (TPSA) is 51.6 Å². The van der Waals surface area contributed by atoms with Crippen LogP contribution in [0.25, 0.3) is 10.9 Å². The minimum absolute atomic E-state index is 0.700. The fraction of sp³-hybridized carbons (Fsp3) is 0.0769. The van der Waals surface area contributed by atoms with Crippen molar-refractivity contribution in [3.63, 3.8) is 0 Å². The van der Waals surface area contributed by atoms with Gasteiger partial charge in [-0.1, -0.05) is 18.2 Å². The summed E-state index contributed by atoms with van der Waals surface area (Å²) in [4.78, 5) is 16.7. The third kappa shape index (κ3) is 1.97. The minimum atomic E-state index is 0.700. The standard InChI is InChI=1S/C13H10N4/c1-2-4-12-11(3-1)13(17-9-16-12)7-10-5-6-14-8-15-10/h1-6,8-9H,7H2. The molecule has 0 unspecified atom stereocenters. The predicted octanol–water partition coefficient (Wildman–Crippen LogP) is 2.01. The van der Waals surface area contributed by atoms with Gasteiger partial charge in [0.05, 0.1) is 11.2 Å². The number of benzene rings is 1. The van der Waals surface area contributed by atoms with Gasteiger partial charge in [-0.2, -0.15) is 0 Å². The summed E-state index contributed by atoms with van der Waals surface area (Å²) in [6.45, 7) is 0. The number of fused-ring (bicyclic) bond motifs is 1.